The molecule has 1 atom stereocenters. The van der Waals surface area contributed by atoms with Gasteiger partial charge in [0.1, 0.15) is 17.7 Å². The van der Waals surface area contributed by atoms with Gasteiger partial charge in [-0.15, -0.1) is 0 Å². The molecule has 0 aromatic heterocycles. The van der Waals surface area contributed by atoms with E-state index >= 15 is 0 Å². The van der Waals surface area contributed by atoms with Crippen LogP contribution in [0.25, 0.3) is 0 Å². The molecule has 2 saturated heterocycles. The molecule has 2 heterocycles. The topological polar surface area (TPSA) is 32.3 Å². The van der Waals surface area contributed by atoms with Crippen LogP contribution >= 0.6 is 0 Å². The third-order valence-electron chi connectivity index (χ3n) is 5.24. The number of piperidine rings is 2. The second-order valence-electron chi connectivity index (χ2n) is 6.93. The van der Waals surface area contributed by atoms with Crippen molar-refractivity contribution in [3.05, 3.63) is 34.9 Å². The molecule has 2 aliphatic heterocycles. The monoisotopic (exact) mass is 376 g/mol. The zero-order chi connectivity index (χ0) is 18.9. The minimum atomic E-state index is -4.58. The number of rotatable bonds is 2. The van der Waals surface area contributed by atoms with Gasteiger partial charge < -0.3 is 10.2 Å². The zero-order valence-electron chi connectivity index (χ0n) is 14.2. The van der Waals surface area contributed by atoms with Gasteiger partial charge in [0.05, 0.1) is 5.56 Å². The fourth-order valence-electron chi connectivity index (χ4n) is 3.84. The summed E-state index contributed by atoms with van der Waals surface area (Å²) in [6, 6.07) is -0.211. The van der Waals surface area contributed by atoms with Crippen LogP contribution in [0.5, 0.6) is 0 Å². The summed E-state index contributed by atoms with van der Waals surface area (Å²) >= 11 is 0. The fourth-order valence-corrected chi connectivity index (χ4v) is 3.84. The molecule has 3 nitrogen and oxygen atoms in total. The maximum absolute atomic E-state index is 14.5. The first-order valence-corrected chi connectivity index (χ1v) is 8.86. The summed E-state index contributed by atoms with van der Waals surface area (Å²) in [6.45, 7) is 1.26. The van der Waals surface area contributed by atoms with Crippen LogP contribution in [0.4, 0.5) is 22.0 Å². The van der Waals surface area contributed by atoms with Crippen LogP contribution in [0.2, 0.25) is 0 Å². The van der Waals surface area contributed by atoms with E-state index in [4.69, 9.17) is 0 Å². The number of nitrogens with one attached hydrogen (secondary N) is 1. The predicted octanol–water partition coefficient (Wildman–Crippen LogP) is 3.99. The van der Waals surface area contributed by atoms with Gasteiger partial charge in [-0.05, 0) is 68.8 Å². The van der Waals surface area contributed by atoms with Crippen molar-refractivity contribution < 1.29 is 26.7 Å². The molecule has 26 heavy (non-hydrogen) atoms. The summed E-state index contributed by atoms with van der Waals surface area (Å²) in [4.78, 5) is 13.2. The first kappa shape index (κ1) is 19.1. The Kier molecular flexibility index (Phi) is 5.50. The van der Waals surface area contributed by atoms with Crippen LogP contribution in [0.1, 0.15) is 53.9 Å². The van der Waals surface area contributed by atoms with E-state index in [9.17, 15) is 26.7 Å². The number of alkyl halides is 3. The summed E-state index contributed by atoms with van der Waals surface area (Å²) in [5, 5.41) is 3.13. The summed E-state index contributed by atoms with van der Waals surface area (Å²) in [6.07, 6.45) is -2.75. The summed E-state index contributed by atoms with van der Waals surface area (Å²) in [7, 11) is 0. The number of halogens is 5. The average molecular weight is 376 g/mol. The van der Waals surface area contributed by atoms with Crippen molar-refractivity contribution in [3.63, 3.8) is 0 Å². The lowest BCUT2D eigenvalue weighted by Gasteiger charge is -2.37. The van der Waals surface area contributed by atoms with Gasteiger partial charge in [-0.1, -0.05) is 0 Å². The van der Waals surface area contributed by atoms with Crippen molar-refractivity contribution in [2.24, 2.45) is 0 Å². The zero-order valence-corrected chi connectivity index (χ0v) is 14.2. The van der Waals surface area contributed by atoms with E-state index in [1.807, 2.05) is 0 Å². The highest BCUT2D eigenvalue weighted by Gasteiger charge is 2.46. The van der Waals surface area contributed by atoms with Gasteiger partial charge in [0.25, 0.3) is 5.91 Å². The Balaban J connectivity index is 1.88. The minimum Gasteiger partial charge on any atom is -0.326 e. The standard InChI is InChI=1S/C18H21F5N2O/c19-14-10-13(15(20)9-12(14)11-4-6-24-7-5-11)17(26)25-8-2-1-3-16(25)18(21,22)23/h9-11,16,24H,1-8H2. The molecule has 144 valence electrons. The van der Waals surface area contributed by atoms with Crippen LogP contribution in [-0.2, 0) is 0 Å². The summed E-state index contributed by atoms with van der Waals surface area (Å²) < 4.78 is 68.6. The lowest BCUT2D eigenvalue weighted by molar-refractivity contribution is -0.183. The van der Waals surface area contributed by atoms with Gasteiger partial charge in [0.15, 0.2) is 0 Å². The van der Waals surface area contributed by atoms with E-state index in [2.05, 4.69) is 5.32 Å². The highest BCUT2D eigenvalue weighted by molar-refractivity contribution is 5.95. The number of amides is 1. The van der Waals surface area contributed by atoms with Crippen molar-refractivity contribution in [2.45, 2.75) is 50.2 Å². The second kappa shape index (κ2) is 7.50. The molecule has 0 aliphatic carbocycles. The van der Waals surface area contributed by atoms with Gasteiger partial charge in [-0.3, -0.25) is 4.79 Å². The van der Waals surface area contributed by atoms with Gasteiger partial charge in [-0.2, -0.15) is 13.2 Å². The molecule has 0 bridgehead atoms. The molecule has 0 spiro atoms. The molecule has 1 N–H and O–H groups in total. The number of hydrogen-bond donors (Lipinski definition) is 1. The first-order chi connectivity index (χ1) is 12.3. The van der Waals surface area contributed by atoms with Gasteiger partial charge in [0.2, 0.25) is 0 Å². The van der Waals surface area contributed by atoms with Crippen LogP contribution in [0, 0.1) is 11.6 Å². The van der Waals surface area contributed by atoms with E-state index in [1.165, 1.54) is 0 Å². The van der Waals surface area contributed by atoms with E-state index < -0.39 is 35.3 Å². The van der Waals surface area contributed by atoms with Crippen LogP contribution < -0.4 is 5.32 Å². The Morgan fingerprint density at radius 1 is 1.04 bits per heavy atom. The number of hydrogen-bond acceptors (Lipinski definition) is 2. The molecule has 1 amide bonds. The molecule has 3 rings (SSSR count). The van der Waals surface area contributed by atoms with E-state index in [1.54, 1.807) is 0 Å². The molecule has 2 aliphatic rings. The second-order valence-corrected chi connectivity index (χ2v) is 6.93. The van der Waals surface area contributed by atoms with E-state index in [-0.39, 0.29) is 24.4 Å². The molecule has 1 aromatic carbocycles. The molecular weight excluding hydrogens is 355 g/mol. The summed E-state index contributed by atoms with van der Waals surface area (Å²) in [5.74, 6) is -2.95. The quantitative estimate of drug-likeness (QED) is 0.792. The lowest BCUT2D eigenvalue weighted by Crippen LogP contribution is -2.51. The maximum atomic E-state index is 14.5. The molecule has 1 aromatic rings. The Hall–Kier alpha value is -1.70. The van der Waals surface area contributed by atoms with Crippen molar-refractivity contribution in [2.75, 3.05) is 19.6 Å². The van der Waals surface area contributed by atoms with Gasteiger partial charge in [0, 0.05) is 6.54 Å². The molecule has 8 heteroatoms. The highest BCUT2D eigenvalue weighted by atomic mass is 19.4. The molecule has 0 radical (unpaired) electrons. The van der Waals surface area contributed by atoms with Crippen molar-refractivity contribution in [1.29, 1.82) is 0 Å². The van der Waals surface area contributed by atoms with Crippen molar-refractivity contribution in [3.8, 4) is 0 Å². The number of nitrogens with zero attached hydrogens (tertiary/aromatic N) is 1. The number of carbonyl (C=O) groups is 1. The molecule has 1 unspecified atom stereocenters. The van der Waals surface area contributed by atoms with E-state index in [0.717, 1.165) is 12.1 Å². The number of carbonyl (C=O) groups excluding carboxylic acids is 1. The van der Waals surface area contributed by atoms with Gasteiger partial charge in [-0.25, -0.2) is 8.78 Å². The van der Waals surface area contributed by atoms with Crippen LogP contribution in [0.15, 0.2) is 12.1 Å². The normalized spacial score (nSPS) is 22.5. The smallest absolute Gasteiger partial charge is 0.326 e. The Bertz CT molecular complexity index is 670. The molecular formula is C18H21F5N2O. The minimum absolute atomic E-state index is 0.111. The molecule has 2 fully saturated rings. The largest absolute Gasteiger partial charge is 0.408 e. The fraction of sp³-hybridized carbons (Fsp3) is 0.611. The number of likely N-dealkylation sites (tertiary alicyclic amines) is 1. The van der Waals surface area contributed by atoms with Crippen molar-refractivity contribution in [1.82, 2.24) is 10.2 Å². The van der Waals surface area contributed by atoms with E-state index in [0.29, 0.717) is 43.7 Å². The third-order valence-corrected chi connectivity index (χ3v) is 5.24. The Morgan fingerprint density at radius 2 is 1.73 bits per heavy atom. The van der Waals surface area contributed by atoms with Crippen molar-refractivity contribution >= 4 is 5.91 Å². The Labute approximate surface area is 148 Å². The van der Waals surface area contributed by atoms with Crippen LogP contribution in [0.3, 0.4) is 0 Å². The predicted molar refractivity (Wildman–Crippen MR) is 85.9 cm³/mol. The lowest BCUT2D eigenvalue weighted by atomic mass is 9.89. The first-order valence-electron chi connectivity index (χ1n) is 8.86. The SMILES string of the molecule is O=C(c1cc(F)c(C2CCNCC2)cc1F)N1CCCCC1C(F)(F)F. The third kappa shape index (κ3) is 3.84. The van der Waals surface area contributed by atoms with Gasteiger partial charge >= 0.3 is 6.18 Å². The van der Waals surface area contributed by atoms with Crippen LogP contribution in [-0.4, -0.2) is 42.7 Å². The summed E-state index contributed by atoms with van der Waals surface area (Å²) in [5.41, 5.74) is -0.442. The average Bonchev–Trinajstić information content (AvgIpc) is 2.62. The molecule has 0 saturated carbocycles. The maximum Gasteiger partial charge on any atom is 0.408 e. The Morgan fingerprint density at radius 3 is 2.38 bits per heavy atom. The number of benzene rings is 1. The highest BCUT2D eigenvalue weighted by Crippen LogP contribution is 2.34.